The number of aromatic carboxylic acids is 1. The van der Waals surface area contributed by atoms with E-state index in [1.165, 1.54) is 6.42 Å². The largest absolute Gasteiger partial charge is 0.478 e. The Morgan fingerprint density at radius 3 is 2.88 bits per heavy atom. The second-order valence-corrected chi connectivity index (χ2v) is 5.02. The van der Waals surface area contributed by atoms with E-state index in [9.17, 15) is 9.90 Å². The zero-order valence-corrected chi connectivity index (χ0v) is 10.4. The molecule has 1 aliphatic rings. The van der Waals surface area contributed by atoms with Crippen LogP contribution in [0.3, 0.4) is 0 Å². The fourth-order valence-electron chi connectivity index (χ4n) is 2.51. The predicted octanol–water partition coefficient (Wildman–Crippen LogP) is 2.93. The lowest BCUT2D eigenvalue weighted by molar-refractivity contribution is 0.0697. The van der Waals surface area contributed by atoms with E-state index in [1.54, 1.807) is 6.07 Å². The zero-order valence-electron chi connectivity index (χ0n) is 10.4. The minimum absolute atomic E-state index is 0.430. The summed E-state index contributed by atoms with van der Waals surface area (Å²) in [6.45, 7) is 6.08. The Bertz CT molecular complexity index is 428. The van der Waals surface area contributed by atoms with E-state index >= 15 is 0 Å². The normalized spacial score (nSPS) is 20.4. The quantitative estimate of drug-likeness (QED) is 0.853. The van der Waals surface area contributed by atoms with Crippen LogP contribution < -0.4 is 4.90 Å². The number of piperidine rings is 1. The molecule has 0 aliphatic carbocycles. The summed E-state index contributed by atoms with van der Waals surface area (Å²) in [6.07, 6.45) is 2.39. The summed E-state index contributed by atoms with van der Waals surface area (Å²) in [5.41, 5.74) is 2.30. The smallest absolute Gasteiger partial charge is 0.337 e. The highest BCUT2D eigenvalue weighted by Gasteiger charge is 2.21. The van der Waals surface area contributed by atoms with Gasteiger partial charge in [0.2, 0.25) is 0 Å². The van der Waals surface area contributed by atoms with Gasteiger partial charge in [0.05, 0.1) is 11.3 Å². The average Bonchev–Trinajstić information content (AvgIpc) is 2.28. The Balaban J connectivity index is 2.33. The van der Waals surface area contributed by atoms with Crippen molar-refractivity contribution in [1.82, 2.24) is 0 Å². The van der Waals surface area contributed by atoms with Crippen molar-refractivity contribution in [3.8, 4) is 0 Å². The summed E-state index contributed by atoms with van der Waals surface area (Å²) in [4.78, 5) is 13.5. The molecule has 3 nitrogen and oxygen atoms in total. The molecule has 17 heavy (non-hydrogen) atoms. The van der Waals surface area contributed by atoms with Crippen molar-refractivity contribution < 1.29 is 9.90 Å². The van der Waals surface area contributed by atoms with Crippen LogP contribution in [0, 0.1) is 12.8 Å². The van der Waals surface area contributed by atoms with Crippen molar-refractivity contribution in [3.05, 3.63) is 29.3 Å². The lowest BCUT2D eigenvalue weighted by Gasteiger charge is -2.33. The summed E-state index contributed by atoms with van der Waals surface area (Å²) in [6, 6.07) is 5.69. The molecule has 0 radical (unpaired) electrons. The highest BCUT2D eigenvalue weighted by atomic mass is 16.4. The molecule has 0 saturated carbocycles. The van der Waals surface area contributed by atoms with Gasteiger partial charge in [-0.15, -0.1) is 0 Å². The lowest BCUT2D eigenvalue weighted by atomic mass is 9.98. The summed E-state index contributed by atoms with van der Waals surface area (Å²) >= 11 is 0. The molecule has 1 aromatic rings. The van der Waals surface area contributed by atoms with E-state index in [1.807, 2.05) is 19.1 Å². The van der Waals surface area contributed by atoms with Gasteiger partial charge in [-0.2, -0.15) is 0 Å². The number of rotatable bonds is 2. The van der Waals surface area contributed by atoms with Gasteiger partial charge < -0.3 is 10.0 Å². The SMILES string of the molecule is Cc1ccc(N2CCCC(C)C2)c(C(=O)O)c1. The molecule has 1 aliphatic heterocycles. The first-order valence-corrected chi connectivity index (χ1v) is 6.17. The molecular formula is C14H19NO2. The Labute approximate surface area is 102 Å². The number of anilines is 1. The minimum Gasteiger partial charge on any atom is -0.478 e. The van der Waals surface area contributed by atoms with Gasteiger partial charge >= 0.3 is 5.97 Å². The van der Waals surface area contributed by atoms with Crippen molar-refractivity contribution in [2.45, 2.75) is 26.7 Å². The van der Waals surface area contributed by atoms with Crippen LogP contribution in [0.1, 0.15) is 35.7 Å². The minimum atomic E-state index is -0.832. The first-order chi connectivity index (χ1) is 8.08. The van der Waals surface area contributed by atoms with E-state index < -0.39 is 5.97 Å². The van der Waals surface area contributed by atoms with Crippen molar-refractivity contribution in [3.63, 3.8) is 0 Å². The van der Waals surface area contributed by atoms with Gasteiger partial charge in [0.15, 0.2) is 0 Å². The molecule has 0 bridgehead atoms. The van der Waals surface area contributed by atoms with Crippen molar-refractivity contribution in [1.29, 1.82) is 0 Å². The maximum Gasteiger partial charge on any atom is 0.337 e. The molecule has 1 saturated heterocycles. The van der Waals surface area contributed by atoms with Gasteiger partial charge in [0, 0.05) is 13.1 Å². The Kier molecular flexibility index (Phi) is 3.36. The number of carboxylic acids is 1. The van der Waals surface area contributed by atoms with E-state index in [2.05, 4.69) is 11.8 Å². The standard InChI is InChI=1S/C14H19NO2/c1-10-5-6-13(12(8-10)14(16)17)15-7-3-4-11(2)9-15/h5-6,8,11H,3-4,7,9H2,1-2H3,(H,16,17). The van der Waals surface area contributed by atoms with Crippen LogP contribution in [-0.2, 0) is 0 Å². The Hall–Kier alpha value is -1.51. The lowest BCUT2D eigenvalue weighted by Crippen LogP contribution is -2.35. The maximum absolute atomic E-state index is 11.3. The monoisotopic (exact) mass is 233 g/mol. The third-order valence-corrected chi connectivity index (χ3v) is 3.38. The van der Waals surface area contributed by atoms with Crippen molar-refractivity contribution >= 4 is 11.7 Å². The number of hydrogen-bond acceptors (Lipinski definition) is 2. The van der Waals surface area contributed by atoms with Gasteiger partial charge in [0.1, 0.15) is 0 Å². The van der Waals surface area contributed by atoms with Crippen molar-refractivity contribution in [2.24, 2.45) is 5.92 Å². The molecule has 92 valence electrons. The van der Waals surface area contributed by atoms with Crippen LogP contribution in [0.4, 0.5) is 5.69 Å². The van der Waals surface area contributed by atoms with Crippen molar-refractivity contribution in [2.75, 3.05) is 18.0 Å². The van der Waals surface area contributed by atoms with Crippen LogP contribution in [-0.4, -0.2) is 24.2 Å². The summed E-state index contributed by atoms with van der Waals surface area (Å²) < 4.78 is 0. The van der Waals surface area contributed by atoms with Gasteiger partial charge in [-0.05, 0) is 37.8 Å². The molecule has 0 spiro atoms. The van der Waals surface area contributed by atoms with Crippen LogP contribution in [0.25, 0.3) is 0 Å². The fraction of sp³-hybridized carbons (Fsp3) is 0.500. The number of benzene rings is 1. The number of nitrogens with zero attached hydrogens (tertiary/aromatic N) is 1. The summed E-state index contributed by atoms with van der Waals surface area (Å²) in [7, 11) is 0. The first kappa shape index (κ1) is 12.0. The molecule has 0 amide bonds. The van der Waals surface area contributed by atoms with E-state index in [0.29, 0.717) is 11.5 Å². The molecule has 1 aromatic carbocycles. The van der Waals surface area contributed by atoms with E-state index in [-0.39, 0.29) is 0 Å². The summed E-state index contributed by atoms with van der Waals surface area (Å²) in [5, 5.41) is 9.26. The predicted molar refractivity (Wildman–Crippen MR) is 68.7 cm³/mol. The van der Waals surface area contributed by atoms with Crippen LogP contribution in [0.5, 0.6) is 0 Å². The third-order valence-electron chi connectivity index (χ3n) is 3.38. The molecule has 2 rings (SSSR count). The molecule has 1 heterocycles. The number of carboxylic acid groups (broad SMARTS) is 1. The zero-order chi connectivity index (χ0) is 12.4. The molecule has 0 aromatic heterocycles. The van der Waals surface area contributed by atoms with Gasteiger partial charge in [-0.1, -0.05) is 18.6 Å². The van der Waals surface area contributed by atoms with Crippen LogP contribution in [0.15, 0.2) is 18.2 Å². The van der Waals surface area contributed by atoms with E-state index in [0.717, 1.165) is 30.8 Å². The molecule has 1 atom stereocenters. The van der Waals surface area contributed by atoms with Gasteiger partial charge in [-0.3, -0.25) is 0 Å². The number of aryl methyl sites for hydroxylation is 1. The molecule has 3 heteroatoms. The first-order valence-electron chi connectivity index (χ1n) is 6.17. The third kappa shape index (κ3) is 2.60. The Morgan fingerprint density at radius 2 is 2.24 bits per heavy atom. The molecule has 1 N–H and O–H groups in total. The topological polar surface area (TPSA) is 40.5 Å². The molecular weight excluding hydrogens is 214 g/mol. The fourth-order valence-corrected chi connectivity index (χ4v) is 2.51. The highest BCUT2D eigenvalue weighted by Crippen LogP contribution is 2.27. The van der Waals surface area contributed by atoms with Crippen LogP contribution in [0.2, 0.25) is 0 Å². The molecule has 1 unspecified atom stereocenters. The van der Waals surface area contributed by atoms with Gasteiger partial charge in [0.25, 0.3) is 0 Å². The average molecular weight is 233 g/mol. The van der Waals surface area contributed by atoms with Gasteiger partial charge in [-0.25, -0.2) is 4.79 Å². The summed E-state index contributed by atoms with van der Waals surface area (Å²) in [5.74, 6) is -0.186. The highest BCUT2D eigenvalue weighted by molar-refractivity contribution is 5.94. The van der Waals surface area contributed by atoms with E-state index in [4.69, 9.17) is 0 Å². The van der Waals surface area contributed by atoms with Crippen LogP contribution >= 0.6 is 0 Å². The Morgan fingerprint density at radius 1 is 1.47 bits per heavy atom. The maximum atomic E-state index is 11.3. The number of carbonyl (C=O) groups is 1. The molecule has 1 fully saturated rings. The number of hydrogen-bond donors (Lipinski definition) is 1. The second kappa shape index (κ2) is 4.78. The second-order valence-electron chi connectivity index (χ2n) is 5.02.